The summed E-state index contributed by atoms with van der Waals surface area (Å²) in [6.45, 7) is 0. The van der Waals surface area contributed by atoms with Crippen molar-refractivity contribution in [1.82, 2.24) is 30.4 Å². The molecule has 0 spiro atoms. The molecule has 62 heavy (non-hydrogen) atoms. The molecule has 8 heteroatoms. The molecule has 0 unspecified atom stereocenters. The highest BCUT2D eigenvalue weighted by Gasteiger charge is 2.18. The molecule has 12 rings (SSSR count). The second-order valence-corrected chi connectivity index (χ2v) is 17.1. The van der Waals surface area contributed by atoms with Gasteiger partial charge in [0.15, 0.2) is 10.0 Å². The minimum Gasteiger partial charge on any atom is -0.245 e. The third-order valence-electron chi connectivity index (χ3n) is 11.4. The topological polar surface area (TPSA) is 77.3 Å². The Bertz CT molecular complexity index is 3450. The predicted molar refractivity (Wildman–Crippen MR) is 257 cm³/mol. The van der Waals surface area contributed by atoms with Crippen molar-refractivity contribution < 1.29 is 0 Å². The summed E-state index contributed by atoms with van der Waals surface area (Å²) in [7, 11) is 0. The number of hydrogen-bond acceptors (Lipinski definition) is 8. The molecule has 290 valence electrons. The van der Waals surface area contributed by atoms with Crippen molar-refractivity contribution in [1.29, 1.82) is 0 Å². The van der Waals surface area contributed by atoms with Gasteiger partial charge in [-0.2, -0.15) is 0 Å². The van der Waals surface area contributed by atoms with Crippen LogP contribution < -0.4 is 0 Å². The summed E-state index contributed by atoms with van der Waals surface area (Å²) in [5.74, 6) is 0. The van der Waals surface area contributed by atoms with E-state index in [9.17, 15) is 0 Å². The Morgan fingerprint density at radius 3 is 1.15 bits per heavy atom. The quantitative estimate of drug-likeness (QED) is 0.149. The number of hydrogen-bond donors (Lipinski definition) is 0. The van der Waals surface area contributed by atoms with E-state index in [1.54, 1.807) is 0 Å². The van der Waals surface area contributed by atoms with Crippen LogP contribution in [0.4, 0.5) is 0 Å². The van der Waals surface area contributed by atoms with Gasteiger partial charge in [-0.25, -0.2) is 9.97 Å². The van der Waals surface area contributed by atoms with E-state index in [0.717, 1.165) is 76.2 Å². The lowest BCUT2D eigenvalue weighted by molar-refractivity contribution is 1.09. The zero-order chi connectivity index (χ0) is 41.0. The van der Waals surface area contributed by atoms with Crippen LogP contribution in [0.25, 0.3) is 119 Å². The normalized spacial score (nSPS) is 11.5. The van der Waals surface area contributed by atoms with Gasteiger partial charge >= 0.3 is 0 Å². The molecule has 0 saturated carbocycles. The van der Waals surface area contributed by atoms with Crippen molar-refractivity contribution in [2.24, 2.45) is 0 Å². The first-order chi connectivity index (χ1) is 30.7. The Morgan fingerprint density at radius 2 is 0.645 bits per heavy atom. The molecule has 4 aromatic heterocycles. The highest BCUT2D eigenvalue weighted by atomic mass is 32.1. The SMILES string of the molecule is c1ccc(-c2cc(-c3nnc(-c4cccc(-c5cc6ccccc6c6ccccc56)n4)s3)cc(-c3nnc(-c4cccc(-c5cc6ccccc6c6ccccc56)n4)s3)c2)cc1. The zero-order valence-corrected chi connectivity index (χ0v) is 34.6. The van der Waals surface area contributed by atoms with E-state index in [1.165, 1.54) is 65.8 Å². The van der Waals surface area contributed by atoms with Gasteiger partial charge in [0.05, 0.1) is 11.4 Å². The van der Waals surface area contributed by atoms with Crippen LogP contribution in [-0.2, 0) is 0 Å². The fourth-order valence-corrected chi connectivity index (χ4v) is 10.1. The number of rotatable bonds is 7. The van der Waals surface area contributed by atoms with Gasteiger partial charge in [-0.05, 0) is 109 Å². The van der Waals surface area contributed by atoms with E-state index >= 15 is 0 Å². The van der Waals surface area contributed by atoms with Crippen LogP contribution in [0.15, 0.2) is 194 Å². The molecule has 6 nitrogen and oxygen atoms in total. The highest BCUT2D eigenvalue weighted by molar-refractivity contribution is 7.18. The fourth-order valence-electron chi connectivity index (χ4n) is 8.50. The Labute approximate surface area is 364 Å². The number of pyridine rings is 2. The average Bonchev–Trinajstić information content (AvgIpc) is 4.06. The monoisotopic (exact) mass is 828 g/mol. The number of benzene rings is 8. The van der Waals surface area contributed by atoms with Crippen LogP contribution in [0, 0.1) is 0 Å². The summed E-state index contributed by atoms with van der Waals surface area (Å²) in [4.78, 5) is 10.4. The van der Waals surface area contributed by atoms with E-state index < -0.39 is 0 Å². The molecule has 0 saturated heterocycles. The summed E-state index contributed by atoms with van der Waals surface area (Å²) in [5.41, 5.74) is 9.57. The average molecular weight is 829 g/mol. The molecule has 0 amide bonds. The van der Waals surface area contributed by atoms with Crippen LogP contribution in [0.1, 0.15) is 0 Å². The number of aromatic nitrogens is 6. The minimum absolute atomic E-state index is 0.752. The molecule has 0 fully saturated rings. The molecule has 0 bridgehead atoms. The fraction of sp³-hybridized carbons (Fsp3) is 0. The van der Waals surface area contributed by atoms with Gasteiger partial charge in [-0.3, -0.25) is 0 Å². The molecule has 8 aromatic carbocycles. The molecular weight excluding hydrogens is 797 g/mol. The molecule has 4 heterocycles. The van der Waals surface area contributed by atoms with Crippen LogP contribution in [-0.4, -0.2) is 30.4 Å². The van der Waals surface area contributed by atoms with Crippen molar-refractivity contribution in [3.8, 4) is 76.2 Å². The summed E-state index contributed by atoms with van der Waals surface area (Å²) in [6, 6.07) is 67.8. The maximum atomic E-state index is 5.18. The van der Waals surface area contributed by atoms with Crippen LogP contribution >= 0.6 is 22.7 Å². The summed E-state index contributed by atoms with van der Waals surface area (Å²) < 4.78 is 0. The van der Waals surface area contributed by atoms with Crippen molar-refractivity contribution in [3.05, 3.63) is 194 Å². The molecular formula is C54H32N6S2. The number of nitrogens with zero attached hydrogens (tertiary/aromatic N) is 6. The first-order valence-corrected chi connectivity index (χ1v) is 22.0. The Balaban J connectivity index is 0.909. The number of fused-ring (bicyclic) bond motifs is 6. The Morgan fingerprint density at radius 1 is 0.258 bits per heavy atom. The standard InChI is InChI=1S/C54H32N6S2/c1-2-14-33(15-3-1)36-28-37(51-57-59-53(61-51)49-26-12-24-47(55-49)45-31-34-16-4-6-18-39(34)41-20-8-10-22-43(41)45)30-38(29-36)52-58-60-54(62-52)50-27-13-25-48(56-50)46-32-35-17-5-7-19-40(35)42-21-9-11-23-44(42)46/h1-32H. The van der Waals surface area contributed by atoms with Gasteiger partial charge in [-0.1, -0.05) is 162 Å². The second kappa shape index (κ2) is 15.0. The summed E-state index contributed by atoms with van der Waals surface area (Å²) >= 11 is 3.06. The van der Waals surface area contributed by atoms with E-state index in [0.29, 0.717) is 0 Å². The van der Waals surface area contributed by atoms with Crippen molar-refractivity contribution in [2.45, 2.75) is 0 Å². The first-order valence-electron chi connectivity index (χ1n) is 20.4. The maximum Gasteiger partial charge on any atom is 0.166 e. The van der Waals surface area contributed by atoms with E-state index in [2.05, 4.69) is 176 Å². The minimum atomic E-state index is 0.752. The van der Waals surface area contributed by atoms with E-state index in [1.807, 2.05) is 18.2 Å². The molecule has 0 radical (unpaired) electrons. The lowest BCUT2D eigenvalue weighted by Crippen LogP contribution is -1.90. The second-order valence-electron chi connectivity index (χ2n) is 15.2. The Hall–Kier alpha value is -7.78. The Kier molecular flexibility index (Phi) is 8.76. The third kappa shape index (κ3) is 6.41. The molecule has 0 N–H and O–H groups in total. The zero-order valence-electron chi connectivity index (χ0n) is 33.0. The lowest BCUT2D eigenvalue weighted by atomic mass is 9.95. The van der Waals surface area contributed by atoms with Gasteiger partial charge in [0.2, 0.25) is 0 Å². The summed E-state index contributed by atoms with van der Waals surface area (Å²) in [6.07, 6.45) is 0. The predicted octanol–water partition coefficient (Wildman–Crippen LogP) is 14.5. The van der Waals surface area contributed by atoms with Crippen molar-refractivity contribution in [2.75, 3.05) is 0 Å². The third-order valence-corrected chi connectivity index (χ3v) is 13.4. The first kappa shape index (κ1) is 36.1. The maximum absolute atomic E-state index is 5.18. The van der Waals surface area contributed by atoms with Crippen LogP contribution in [0.3, 0.4) is 0 Å². The largest absolute Gasteiger partial charge is 0.245 e. The smallest absolute Gasteiger partial charge is 0.166 e. The van der Waals surface area contributed by atoms with Crippen LogP contribution in [0.2, 0.25) is 0 Å². The van der Waals surface area contributed by atoms with Gasteiger partial charge < -0.3 is 0 Å². The van der Waals surface area contributed by atoms with Gasteiger partial charge in [0.1, 0.15) is 21.4 Å². The van der Waals surface area contributed by atoms with Gasteiger partial charge in [0, 0.05) is 22.3 Å². The van der Waals surface area contributed by atoms with Crippen LogP contribution in [0.5, 0.6) is 0 Å². The van der Waals surface area contributed by atoms with Gasteiger partial charge in [0.25, 0.3) is 0 Å². The molecule has 0 aliphatic rings. The molecule has 0 aliphatic carbocycles. The molecule has 12 aromatic rings. The van der Waals surface area contributed by atoms with E-state index in [-0.39, 0.29) is 0 Å². The highest BCUT2D eigenvalue weighted by Crippen LogP contribution is 2.40. The lowest BCUT2D eigenvalue weighted by Gasteiger charge is -2.11. The van der Waals surface area contributed by atoms with Crippen molar-refractivity contribution in [3.63, 3.8) is 0 Å². The van der Waals surface area contributed by atoms with Crippen molar-refractivity contribution >= 4 is 65.8 Å². The van der Waals surface area contributed by atoms with E-state index in [4.69, 9.17) is 30.4 Å². The van der Waals surface area contributed by atoms with Gasteiger partial charge in [-0.15, -0.1) is 20.4 Å². The summed E-state index contributed by atoms with van der Waals surface area (Å²) in [5, 5.41) is 31.6. The molecule has 0 atom stereocenters. The molecule has 0 aliphatic heterocycles.